The van der Waals surface area contributed by atoms with Crippen LogP contribution < -0.4 is 5.32 Å². The van der Waals surface area contributed by atoms with Gasteiger partial charge in [0.15, 0.2) is 6.29 Å². The van der Waals surface area contributed by atoms with Gasteiger partial charge in [-0.15, -0.1) is 0 Å². The Balaban J connectivity index is 2.82. The second-order valence-electron chi connectivity index (χ2n) is 6.03. The van der Waals surface area contributed by atoms with Gasteiger partial charge in [-0.3, -0.25) is 0 Å². The van der Waals surface area contributed by atoms with E-state index in [1.807, 2.05) is 0 Å². The number of rotatable bonds is 11. The molecule has 26 heavy (non-hydrogen) atoms. The van der Waals surface area contributed by atoms with E-state index in [2.05, 4.69) is 5.32 Å². The van der Waals surface area contributed by atoms with Gasteiger partial charge in [0.2, 0.25) is 0 Å². The molecule has 9 unspecified atom stereocenters. The van der Waals surface area contributed by atoms with E-state index < -0.39 is 68.3 Å². The number of hydrogen-bond acceptors (Lipinski definition) is 12. The minimum absolute atomic E-state index is 0.143. The van der Waals surface area contributed by atoms with Crippen molar-refractivity contribution in [3.63, 3.8) is 0 Å². The summed E-state index contributed by atoms with van der Waals surface area (Å²) in [5, 5.41) is 89.0. The average molecular weight is 387 g/mol. The van der Waals surface area contributed by atoms with Gasteiger partial charge in [0.1, 0.15) is 42.7 Å². The summed E-state index contributed by atoms with van der Waals surface area (Å²) in [5.41, 5.74) is 0. The van der Waals surface area contributed by atoms with Gasteiger partial charge in [-0.25, -0.2) is 0 Å². The van der Waals surface area contributed by atoms with Crippen molar-refractivity contribution in [1.82, 2.24) is 5.32 Å². The van der Waals surface area contributed by atoms with Crippen LogP contribution >= 0.6 is 0 Å². The van der Waals surface area contributed by atoms with Crippen molar-refractivity contribution in [2.75, 3.05) is 32.9 Å². The first-order valence-electron chi connectivity index (χ1n) is 8.21. The molecule has 0 aromatic heterocycles. The molecule has 0 aromatic carbocycles. The lowest BCUT2D eigenvalue weighted by molar-refractivity contribution is -0.327. The first kappa shape index (κ1) is 23.6. The SMILES string of the molecule is OCCNCC(O)C(O)C(OC1OC(CO)C(O)C(O)C1O)C(O)CO. The maximum Gasteiger partial charge on any atom is 0.187 e. The fourth-order valence-electron chi connectivity index (χ4n) is 2.51. The summed E-state index contributed by atoms with van der Waals surface area (Å²) in [5.74, 6) is 0. The molecule has 12 nitrogen and oxygen atoms in total. The normalized spacial score (nSPS) is 34.3. The molecule has 156 valence electrons. The molecule has 9 atom stereocenters. The summed E-state index contributed by atoms with van der Waals surface area (Å²) >= 11 is 0. The molecule has 0 aromatic rings. The van der Waals surface area contributed by atoms with E-state index in [1.54, 1.807) is 0 Å². The average Bonchev–Trinajstić information content (AvgIpc) is 2.64. The van der Waals surface area contributed by atoms with Crippen molar-refractivity contribution in [2.45, 2.75) is 55.1 Å². The zero-order chi connectivity index (χ0) is 19.9. The molecule has 0 amide bonds. The molecule has 1 heterocycles. The molecule has 0 aliphatic carbocycles. The first-order chi connectivity index (χ1) is 12.3. The molecular formula is C14H29NO11. The zero-order valence-electron chi connectivity index (χ0n) is 14.1. The minimum Gasteiger partial charge on any atom is -0.395 e. The molecule has 1 rings (SSSR count). The van der Waals surface area contributed by atoms with Crippen molar-refractivity contribution in [3.8, 4) is 0 Å². The Bertz CT molecular complexity index is 388. The molecule has 0 spiro atoms. The van der Waals surface area contributed by atoms with Crippen molar-refractivity contribution in [2.24, 2.45) is 0 Å². The summed E-state index contributed by atoms with van der Waals surface area (Å²) in [6.07, 6.45) is -14.6. The topological polar surface area (TPSA) is 213 Å². The van der Waals surface area contributed by atoms with E-state index in [1.165, 1.54) is 0 Å². The lowest BCUT2D eigenvalue weighted by Gasteiger charge is -2.42. The summed E-state index contributed by atoms with van der Waals surface area (Å²) < 4.78 is 10.4. The highest BCUT2D eigenvalue weighted by Crippen LogP contribution is 2.24. The van der Waals surface area contributed by atoms with Crippen LogP contribution in [0.5, 0.6) is 0 Å². The van der Waals surface area contributed by atoms with Crippen molar-refractivity contribution in [3.05, 3.63) is 0 Å². The highest BCUT2D eigenvalue weighted by atomic mass is 16.7. The molecule has 0 saturated carbocycles. The van der Waals surface area contributed by atoms with Gasteiger partial charge in [0, 0.05) is 13.1 Å². The third kappa shape index (κ3) is 6.02. The Morgan fingerprint density at radius 3 is 2.12 bits per heavy atom. The third-order valence-corrected chi connectivity index (χ3v) is 4.08. The van der Waals surface area contributed by atoms with Crippen LogP contribution in [0.2, 0.25) is 0 Å². The van der Waals surface area contributed by atoms with Gasteiger partial charge in [0.05, 0.1) is 25.9 Å². The number of nitrogens with one attached hydrogen (secondary N) is 1. The third-order valence-electron chi connectivity index (χ3n) is 4.08. The molecule has 0 radical (unpaired) electrons. The van der Waals surface area contributed by atoms with E-state index in [-0.39, 0.29) is 19.7 Å². The first-order valence-corrected chi connectivity index (χ1v) is 8.21. The molecule has 1 aliphatic rings. The molecule has 1 aliphatic heterocycles. The Morgan fingerprint density at radius 1 is 0.923 bits per heavy atom. The quantitative estimate of drug-likeness (QED) is 0.150. The van der Waals surface area contributed by atoms with Gasteiger partial charge < -0.3 is 60.7 Å². The highest BCUT2D eigenvalue weighted by molar-refractivity contribution is 4.91. The second-order valence-corrected chi connectivity index (χ2v) is 6.03. The molecule has 0 bridgehead atoms. The summed E-state index contributed by atoms with van der Waals surface area (Å²) in [7, 11) is 0. The lowest BCUT2D eigenvalue weighted by atomic mass is 9.98. The van der Waals surface area contributed by atoms with Crippen molar-refractivity contribution in [1.29, 1.82) is 0 Å². The second kappa shape index (κ2) is 11.4. The number of ether oxygens (including phenoxy) is 2. The monoisotopic (exact) mass is 387 g/mol. The Morgan fingerprint density at radius 2 is 1.58 bits per heavy atom. The lowest BCUT2D eigenvalue weighted by Crippen LogP contribution is -2.61. The summed E-state index contributed by atoms with van der Waals surface area (Å²) in [4.78, 5) is 0. The Kier molecular flexibility index (Phi) is 10.3. The summed E-state index contributed by atoms with van der Waals surface area (Å²) in [6, 6.07) is 0. The highest BCUT2D eigenvalue weighted by Gasteiger charge is 2.46. The van der Waals surface area contributed by atoms with Crippen molar-refractivity contribution < 1.29 is 55.4 Å². The van der Waals surface area contributed by atoms with Gasteiger partial charge in [0.25, 0.3) is 0 Å². The van der Waals surface area contributed by atoms with E-state index >= 15 is 0 Å². The van der Waals surface area contributed by atoms with Gasteiger partial charge >= 0.3 is 0 Å². The maximum absolute atomic E-state index is 10.2. The fourth-order valence-corrected chi connectivity index (χ4v) is 2.51. The van der Waals surface area contributed by atoms with E-state index in [0.717, 1.165) is 0 Å². The van der Waals surface area contributed by atoms with Crippen LogP contribution in [0.3, 0.4) is 0 Å². The van der Waals surface area contributed by atoms with Crippen LogP contribution in [0.1, 0.15) is 0 Å². The van der Waals surface area contributed by atoms with Crippen LogP contribution in [0.25, 0.3) is 0 Å². The van der Waals surface area contributed by atoms with Crippen LogP contribution in [0.4, 0.5) is 0 Å². The molecule has 12 heteroatoms. The van der Waals surface area contributed by atoms with Gasteiger partial charge in [-0.05, 0) is 0 Å². The fraction of sp³-hybridized carbons (Fsp3) is 1.00. The van der Waals surface area contributed by atoms with Crippen LogP contribution in [-0.4, -0.2) is 134 Å². The number of aliphatic hydroxyl groups is 9. The number of aliphatic hydroxyl groups excluding tert-OH is 9. The predicted molar refractivity (Wildman–Crippen MR) is 83.7 cm³/mol. The Labute approximate surface area is 149 Å². The predicted octanol–water partition coefficient (Wildman–Crippen LogP) is -6.17. The maximum atomic E-state index is 10.2. The van der Waals surface area contributed by atoms with Crippen LogP contribution in [-0.2, 0) is 9.47 Å². The van der Waals surface area contributed by atoms with Crippen LogP contribution in [0, 0.1) is 0 Å². The standard InChI is InChI=1S/C14H29NO11/c16-2-1-15-3-6(19)9(21)13(7(20)4-17)26-14-12(24)11(23)10(22)8(5-18)25-14/h6-24H,1-5H2. The molecule has 1 fully saturated rings. The Hall–Kier alpha value is -0.480. The number of hydrogen-bond donors (Lipinski definition) is 10. The van der Waals surface area contributed by atoms with E-state index in [9.17, 15) is 30.6 Å². The van der Waals surface area contributed by atoms with Gasteiger partial charge in [-0.2, -0.15) is 0 Å². The minimum atomic E-state index is -1.78. The molecule has 10 N–H and O–H groups in total. The largest absolute Gasteiger partial charge is 0.395 e. The zero-order valence-corrected chi connectivity index (χ0v) is 14.1. The van der Waals surface area contributed by atoms with E-state index in [4.69, 9.17) is 24.8 Å². The van der Waals surface area contributed by atoms with Crippen molar-refractivity contribution >= 4 is 0 Å². The summed E-state index contributed by atoms with van der Waals surface area (Å²) in [6.45, 7) is -1.78. The van der Waals surface area contributed by atoms with E-state index in [0.29, 0.717) is 0 Å². The van der Waals surface area contributed by atoms with Crippen LogP contribution in [0.15, 0.2) is 0 Å². The molecule has 1 saturated heterocycles. The van der Waals surface area contributed by atoms with Gasteiger partial charge in [-0.1, -0.05) is 0 Å². The smallest absolute Gasteiger partial charge is 0.187 e. The molecular weight excluding hydrogens is 358 g/mol.